The van der Waals surface area contributed by atoms with E-state index in [2.05, 4.69) is 5.32 Å². The molecule has 2 rings (SSSR count). The maximum Gasteiger partial charge on any atom is 0.246 e. The summed E-state index contributed by atoms with van der Waals surface area (Å²) in [6, 6.07) is 9.62. The van der Waals surface area contributed by atoms with E-state index in [1.807, 2.05) is 4.72 Å². The fourth-order valence-electron chi connectivity index (χ4n) is 1.88. The number of benzene rings is 2. The number of hydrogen-bond acceptors (Lipinski definition) is 3. The van der Waals surface area contributed by atoms with Gasteiger partial charge >= 0.3 is 0 Å². The normalized spacial score (nSPS) is 11.3. The van der Waals surface area contributed by atoms with E-state index >= 15 is 0 Å². The van der Waals surface area contributed by atoms with Crippen molar-refractivity contribution in [1.82, 2.24) is 4.72 Å². The zero-order valence-electron chi connectivity index (χ0n) is 12.1. The monoisotopic (exact) mass is 340 g/mol. The van der Waals surface area contributed by atoms with Gasteiger partial charge in [-0.3, -0.25) is 4.79 Å². The number of hydrogen-bond donors (Lipinski definition) is 2. The van der Waals surface area contributed by atoms with Crippen molar-refractivity contribution in [3.8, 4) is 0 Å². The summed E-state index contributed by atoms with van der Waals surface area (Å²) in [7, 11) is -4.48. The lowest BCUT2D eigenvalue weighted by molar-refractivity contribution is -0.115. The second kappa shape index (κ2) is 6.84. The van der Waals surface area contributed by atoms with Crippen molar-refractivity contribution in [2.75, 3.05) is 11.9 Å². The Bertz CT molecular complexity index is 818. The zero-order valence-corrected chi connectivity index (χ0v) is 13.0. The van der Waals surface area contributed by atoms with Crippen LogP contribution in [0.25, 0.3) is 0 Å². The molecule has 0 saturated heterocycles. The topological polar surface area (TPSA) is 75.3 Å². The van der Waals surface area contributed by atoms with Gasteiger partial charge in [-0.15, -0.1) is 0 Å². The van der Waals surface area contributed by atoms with Gasteiger partial charge in [-0.1, -0.05) is 24.3 Å². The molecule has 1 amide bonds. The smallest absolute Gasteiger partial charge is 0.246 e. The molecule has 2 aromatic carbocycles. The first kappa shape index (κ1) is 17.0. The van der Waals surface area contributed by atoms with Crippen LogP contribution in [0.15, 0.2) is 47.4 Å². The molecule has 2 aromatic rings. The fraction of sp³-hybridized carbons (Fsp3) is 0.133. The number of rotatable bonds is 5. The quantitative estimate of drug-likeness (QED) is 0.876. The lowest BCUT2D eigenvalue weighted by Crippen LogP contribution is -2.34. The maximum atomic E-state index is 13.5. The Morgan fingerprint density at radius 1 is 1.04 bits per heavy atom. The van der Waals surface area contributed by atoms with Gasteiger partial charge < -0.3 is 5.32 Å². The standard InChI is InChI=1S/C15H14F2N2O3S/c1-10-5-2-3-8-13(10)19-14(20)9-18-23(21,22)15-11(16)6-4-7-12(15)17/h2-8,18H,9H2,1H3,(H,19,20). The Labute approximate surface area is 132 Å². The first-order chi connectivity index (χ1) is 10.8. The molecule has 0 aliphatic heterocycles. The molecule has 0 heterocycles. The van der Waals surface area contributed by atoms with Gasteiger partial charge in [-0.05, 0) is 30.7 Å². The van der Waals surface area contributed by atoms with Crippen LogP contribution in [-0.2, 0) is 14.8 Å². The van der Waals surface area contributed by atoms with Crippen molar-refractivity contribution >= 4 is 21.6 Å². The van der Waals surface area contributed by atoms with Gasteiger partial charge in [-0.2, -0.15) is 0 Å². The molecule has 0 fully saturated rings. The SMILES string of the molecule is Cc1ccccc1NC(=O)CNS(=O)(=O)c1c(F)cccc1F. The van der Waals surface area contributed by atoms with Crippen molar-refractivity contribution in [2.45, 2.75) is 11.8 Å². The highest BCUT2D eigenvalue weighted by atomic mass is 32.2. The number of aryl methyl sites for hydroxylation is 1. The Morgan fingerprint density at radius 2 is 1.65 bits per heavy atom. The molecule has 8 heteroatoms. The van der Waals surface area contributed by atoms with Crippen LogP contribution < -0.4 is 10.0 Å². The van der Waals surface area contributed by atoms with Crippen molar-refractivity contribution in [2.24, 2.45) is 0 Å². The number of sulfonamides is 1. The lowest BCUT2D eigenvalue weighted by atomic mass is 10.2. The number of para-hydroxylation sites is 1. The molecule has 5 nitrogen and oxygen atoms in total. The number of carbonyl (C=O) groups is 1. The van der Waals surface area contributed by atoms with E-state index in [4.69, 9.17) is 0 Å². The molecular formula is C15H14F2N2O3S. The second-order valence-electron chi connectivity index (χ2n) is 4.74. The summed E-state index contributed by atoms with van der Waals surface area (Å²) >= 11 is 0. The van der Waals surface area contributed by atoms with E-state index in [0.717, 1.165) is 23.8 Å². The molecule has 0 aliphatic carbocycles. The number of anilines is 1. The summed E-state index contributed by atoms with van der Waals surface area (Å²) in [5.41, 5.74) is 1.32. The first-order valence-electron chi connectivity index (χ1n) is 6.60. The third kappa shape index (κ3) is 4.11. The van der Waals surface area contributed by atoms with E-state index in [1.165, 1.54) is 0 Å². The highest BCUT2D eigenvalue weighted by Crippen LogP contribution is 2.18. The molecule has 0 unspecified atom stereocenters. The number of carbonyl (C=O) groups excluding carboxylic acids is 1. The summed E-state index contributed by atoms with van der Waals surface area (Å²) in [6.45, 7) is 1.12. The molecule has 0 spiro atoms. The predicted molar refractivity (Wildman–Crippen MR) is 81.4 cm³/mol. The van der Waals surface area contributed by atoms with Crippen LogP contribution in [0.5, 0.6) is 0 Å². The van der Waals surface area contributed by atoms with Crippen molar-refractivity contribution in [3.63, 3.8) is 0 Å². The van der Waals surface area contributed by atoms with Crippen molar-refractivity contribution in [3.05, 3.63) is 59.7 Å². The summed E-state index contributed by atoms with van der Waals surface area (Å²) in [6.07, 6.45) is 0. The van der Waals surface area contributed by atoms with E-state index in [-0.39, 0.29) is 0 Å². The Morgan fingerprint density at radius 3 is 2.26 bits per heavy atom. The number of halogens is 2. The van der Waals surface area contributed by atoms with Crippen LogP contribution in [0.4, 0.5) is 14.5 Å². The minimum Gasteiger partial charge on any atom is -0.325 e. The predicted octanol–water partition coefficient (Wildman–Crippen LogP) is 2.19. The van der Waals surface area contributed by atoms with E-state index in [0.29, 0.717) is 5.69 Å². The van der Waals surface area contributed by atoms with Gasteiger partial charge in [0.15, 0.2) is 4.90 Å². The third-order valence-electron chi connectivity index (χ3n) is 3.03. The van der Waals surface area contributed by atoms with Crippen LogP contribution in [0, 0.1) is 18.6 Å². The highest BCUT2D eigenvalue weighted by molar-refractivity contribution is 7.89. The van der Waals surface area contributed by atoms with Crippen LogP contribution >= 0.6 is 0 Å². The molecule has 0 bridgehead atoms. The highest BCUT2D eigenvalue weighted by Gasteiger charge is 2.24. The molecule has 0 atom stereocenters. The second-order valence-corrected chi connectivity index (χ2v) is 6.44. The average molecular weight is 340 g/mol. The Hall–Kier alpha value is -2.32. The van der Waals surface area contributed by atoms with E-state index in [9.17, 15) is 22.0 Å². The van der Waals surface area contributed by atoms with Gasteiger partial charge in [0.1, 0.15) is 11.6 Å². The average Bonchev–Trinajstić information content (AvgIpc) is 2.47. The zero-order chi connectivity index (χ0) is 17.0. The van der Waals surface area contributed by atoms with Gasteiger partial charge in [0.25, 0.3) is 0 Å². The summed E-state index contributed by atoms with van der Waals surface area (Å²) in [5.74, 6) is -3.10. The minimum atomic E-state index is -4.48. The Kier molecular flexibility index (Phi) is 5.07. The van der Waals surface area contributed by atoms with Crippen LogP contribution in [-0.4, -0.2) is 20.9 Å². The summed E-state index contributed by atoms with van der Waals surface area (Å²) in [5, 5.41) is 2.51. The molecule has 0 saturated carbocycles. The maximum absolute atomic E-state index is 13.5. The van der Waals surface area contributed by atoms with Gasteiger partial charge in [-0.25, -0.2) is 21.9 Å². The molecule has 23 heavy (non-hydrogen) atoms. The van der Waals surface area contributed by atoms with Crippen LogP contribution in [0.2, 0.25) is 0 Å². The largest absolute Gasteiger partial charge is 0.325 e. The molecule has 0 radical (unpaired) electrons. The number of nitrogens with one attached hydrogen (secondary N) is 2. The van der Waals surface area contributed by atoms with Gasteiger partial charge in [0.05, 0.1) is 6.54 Å². The van der Waals surface area contributed by atoms with E-state index < -0.39 is 39.0 Å². The number of amides is 1. The summed E-state index contributed by atoms with van der Waals surface area (Å²) in [4.78, 5) is 10.7. The van der Waals surface area contributed by atoms with Crippen molar-refractivity contribution < 1.29 is 22.0 Å². The lowest BCUT2D eigenvalue weighted by Gasteiger charge is -2.10. The van der Waals surface area contributed by atoms with E-state index in [1.54, 1.807) is 31.2 Å². The van der Waals surface area contributed by atoms with Crippen LogP contribution in [0.3, 0.4) is 0 Å². The molecule has 2 N–H and O–H groups in total. The Balaban J connectivity index is 2.08. The molecule has 0 aromatic heterocycles. The molecular weight excluding hydrogens is 326 g/mol. The van der Waals surface area contributed by atoms with Gasteiger partial charge in [0, 0.05) is 5.69 Å². The van der Waals surface area contributed by atoms with Gasteiger partial charge in [0.2, 0.25) is 15.9 Å². The fourth-order valence-corrected chi connectivity index (χ4v) is 2.99. The first-order valence-corrected chi connectivity index (χ1v) is 8.09. The van der Waals surface area contributed by atoms with Crippen molar-refractivity contribution in [1.29, 1.82) is 0 Å². The molecule has 122 valence electrons. The summed E-state index contributed by atoms with van der Waals surface area (Å²) < 4.78 is 52.8. The minimum absolute atomic E-state index is 0.522. The third-order valence-corrected chi connectivity index (χ3v) is 4.48. The van der Waals surface area contributed by atoms with Crippen LogP contribution in [0.1, 0.15) is 5.56 Å². The molecule has 0 aliphatic rings.